The van der Waals surface area contributed by atoms with Crippen LogP contribution in [0.3, 0.4) is 0 Å². The van der Waals surface area contributed by atoms with Crippen LogP contribution in [0, 0.1) is 0 Å². The molecule has 1 aliphatic heterocycles. The average Bonchev–Trinajstić information content (AvgIpc) is 3.59. The highest BCUT2D eigenvalue weighted by molar-refractivity contribution is 7.99. The molecule has 0 fully saturated rings. The molecule has 10 aromatic rings. The molecule has 2 nitrogen and oxygen atoms in total. The molecule has 0 spiro atoms. The summed E-state index contributed by atoms with van der Waals surface area (Å²) in [5, 5.41) is 9.89. The van der Waals surface area contributed by atoms with Crippen molar-refractivity contribution >= 4 is 66.0 Å². The lowest BCUT2D eigenvalue weighted by Crippen LogP contribution is -1.95. The van der Waals surface area contributed by atoms with E-state index >= 15 is 0 Å². The molecule has 0 aliphatic carbocycles. The second kappa shape index (κ2) is 11.1. The smallest absolute Gasteiger partial charge is 0.143 e. The fourth-order valence-corrected chi connectivity index (χ4v) is 8.88. The molecule has 0 radical (unpaired) electrons. The summed E-state index contributed by atoms with van der Waals surface area (Å²) in [6.07, 6.45) is 0. The van der Waals surface area contributed by atoms with Gasteiger partial charge in [-0.25, -0.2) is 0 Å². The van der Waals surface area contributed by atoms with Crippen LogP contribution in [0.5, 0.6) is 11.5 Å². The molecule has 1 aromatic heterocycles. The largest absolute Gasteiger partial charge is 0.455 e. The third-order valence-corrected chi connectivity index (χ3v) is 11.4. The molecule has 9 aromatic carbocycles. The zero-order valence-electron chi connectivity index (χ0n) is 27.4. The Kier molecular flexibility index (Phi) is 6.22. The Morgan fingerprint density at radius 1 is 0.333 bits per heavy atom. The van der Waals surface area contributed by atoms with E-state index in [1.165, 1.54) is 37.9 Å². The molecular weight excluding hydrogens is 641 g/mol. The molecule has 0 amide bonds. The predicted octanol–water partition coefficient (Wildman–Crippen LogP) is 14.3. The maximum atomic E-state index is 6.56. The lowest BCUT2D eigenvalue weighted by atomic mass is 9.89. The third kappa shape index (κ3) is 4.52. The Hall–Kier alpha value is -6.29. The summed E-state index contributed by atoms with van der Waals surface area (Å²) < 4.78 is 12.9. The molecular formula is C48H28O2S. The third-order valence-electron chi connectivity index (χ3n) is 10.3. The standard InChI is InChI=1S/C48H28O2S/c1-2-12-37-35(10-1)36-11-3-4-13-38(36)42-27-29(20-22-39(37)42)31-24-32(30-21-23-45-47(28-30)51-46-19-8-7-18-44(46)49-45)26-33(25-31)34-15-9-16-41-40-14-5-6-17-43(40)50-48(34)41/h1-28H. The monoisotopic (exact) mass is 668 g/mol. The minimum Gasteiger partial charge on any atom is -0.455 e. The van der Waals surface area contributed by atoms with Gasteiger partial charge in [0.15, 0.2) is 0 Å². The Balaban J connectivity index is 1.14. The van der Waals surface area contributed by atoms with E-state index in [2.05, 4.69) is 152 Å². The zero-order valence-corrected chi connectivity index (χ0v) is 28.2. The minimum absolute atomic E-state index is 0.888. The number of hydrogen-bond acceptors (Lipinski definition) is 3. The van der Waals surface area contributed by atoms with Crippen LogP contribution in [-0.2, 0) is 0 Å². The van der Waals surface area contributed by atoms with Crippen molar-refractivity contribution in [2.45, 2.75) is 9.79 Å². The first-order valence-corrected chi connectivity index (χ1v) is 18.1. The van der Waals surface area contributed by atoms with Gasteiger partial charge in [-0.3, -0.25) is 0 Å². The Bertz CT molecular complexity index is 3010. The quantitative estimate of drug-likeness (QED) is 0.175. The van der Waals surface area contributed by atoms with Crippen molar-refractivity contribution in [3.05, 3.63) is 170 Å². The van der Waals surface area contributed by atoms with Gasteiger partial charge < -0.3 is 9.15 Å². The molecule has 0 unspecified atom stereocenters. The second-order valence-electron chi connectivity index (χ2n) is 13.2. The van der Waals surface area contributed by atoms with E-state index in [0.717, 1.165) is 71.0 Å². The molecule has 0 saturated heterocycles. The molecule has 11 rings (SSSR count). The normalized spacial score (nSPS) is 12.4. The van der Waals surface area contributed by atoms with Crippen LogP contribution >= 0.6 is 11.8 Å². The second-order valence-corrected chi connectivity index (χ2v) is 14.3. The van der Waals surface area contributed by atoms with Gasteiger partial charge in [0.2, 0.25) is 0 Å². The number of hydrogen-bond donors (Lipinski definition) is 0. The maximum Gasteiger partial charge on any atom is 0.143 e. The van der Waals surface area contributed by atoms with Crippen molar-refractivity contribution < 1.29 is 9.15 Å². The van der Waals surface area contributed by atoms with E-state index in [1.807, 2.05) is 18.2 Å². The summed E-state index contributed by atoms with van der Waals surface area (Å²) in [7, 11) is 0. The number of benzene rings is 9. The molecule has 51 heavy (non-hydrogen) atoms. The van der Waals surface area contributed by atoms with Gasteiger partial charge in [0.25, 0.3) is 0 Å². The summed E-state index contributed by atoms with van der Waals surface area (Å²) >= 11 is 1.76. The van der Waals surface area contributed by atoms with Crippen LogP contribution in [0.4, 0.5) is 0 Å². The average molecular weight is 669 g/mol. The van der Waals surface area contributed by atoms with E-state index < -0.39 is 0 Å². The summed E-state index contributed by atoms with van der Waals surface area (Å²) in [5.74, 6) is 1.79. The SMILES string of the molecule is c1ccc2c(c1)Oc1ccc(-c3cc(-c4ccc5c6ccccc6c6ccccc6c5c4)cc(-c4cccc5c4oc4ccccc45)c3)cc1S2. The summed E-state index contributed by atoms with van der Waals surface area (Å²) in [5.41, 5.74) is 8.61. The molecule has 0 N–H and O–H groups in total. The van der Waals surface area contributed by atoms with Crippen LogP contribution in [0.25, 0.3) is 87.6 Å². The van der Waals surface area contributed by atoms with Gasteiger partial charge in [0, 0.05) is 16.3 Å². The van der Waals surface area contributed by atoms with Gasteiger partial charge in [0.05, 0.1) is 9.79 Å². The molecule has 2 heterocycles. The van der Waals surface area contributed by atoms with Crippen LogP contribution in [0.15, 0.2) is 184 Å². The highest BCUT2D eigenvalue weighted by Crippen LogP contribution is 2.49. The number of ether oxygens (including phenoxy) is 1. The fraction of sp³-hybridized carbons (Fsp3) is 0. The van der Waals surface area contributed by atoms with Gasteiger partial charge in [-0.05, 0) is 115 Å². The predicted molar refractivity (Wildman–Crippen MR) is 213 cm³/mol. The first kappa shape index (κ1) is 28.5. The van der Waals surface area contributed by atoms with E-state index in [9.17, 15) is 0 Å². The lowest BCUT2D eigenvalue weighted by Gasteiger charge is -2.20. The summed E-state index contributed by atoms with van der Waals surface area (Å²) in [6, 6.07) is 61.0. The van der Waals surface area contributed by atoms with Crippen molar-refractivity contribution in [3.63, 3.8) is 0 Å². The fourth-order valence-electron chi connectivity index (χ4n) is 7.89. The first-order chi connectivity index (χ1) is 25.2. The zero-order chi connectivity index (χ0) is 33.5. The van der Waals surface area contributed by atoms with Crippen molar-refractivity contribution in [1.82, 2.24) is 0 Å². The number of para-hydroxylation sites is 3. The Morgan fingerprint density at radius 3 is 1.69 bits per heavy atom. The highest BCUT2D eigenvalue weighted by Gasteiger charge is 2.20. The Morgan fingerprint density at radius 2 is 0.902 bits per heavy atom. The molecule has 0 atom stereocenters. The molecule has 3 heteroatoms. The summed E-state index contributed by atoms with van der Waals surface area (Å²) in [4.78, 5) is 2.24. The number of fused-ring (bicyclic) bond motifs is 11. The van der Waals surface area contributed by atoms with Crippen LogP contribution in [-0.4, -0.2) is 0 Å². The minimum atomic E-state index is 0.888. The maximum absolute atomic E-state index is 6.56. The molecule has 0 bridgehead atoms. The van der Waals surface area contributed by atoms with Gasteiger partial charge in [-0.1, -0.05) is 127 Å². The highest BCUT2D eigenvalue weighted by atomic mass is 32.2. The molecule has 0 saturated carbocycles. The molecule has 1 aliphatic rings. The topological polar surface area (TPSA) is 22.4 Å². The van der Waals surface area contributed by atoms with Crippen molar-refractivity contribution in [3.8, 4) is 44.9 Å². The van der Waals surface area contributed by atoms with Crippen LogP contribution in [0.2, 0.25) is 0 Å². The van der Waals surface area contributed by atoms with Gasteiger partial charge in [-0.15, -0.1) is 0 Å². The van der Waals surface area contributed by atoms with Crippen LogP contribution < -0.4 is 4.74 Å². The van der Waals surface area contributed by atoms with Crippen molar-refractivity contribution in [2.75, 3.05) is 0 Å². The van der Waals surface area contributed by atoms with Crippen molar-refractivity contribution in [1.29, 1.82) is 0 Å². The van der Waals surface area contributed by atoms with E-state index in [0.29, 0.717) is 0 Å². The van der Waals surface area contributed by atoms with E-state index in [4.69, 9.17) is 9.15 Å². The van der Waals surface area contributed by atoms with Gasteiger partial charge >= 0.3 is 0 Å². The lowest BCUT2D eigenvalue weighted by molar-refractivity contribution is 0.454. The van der Waals surface area contributed by atoms with E-state index in [-0.39, 0.29) is 0 Å². The van der Waals surface area contributed by atoms with Gasteiger partial charge in [0.1, 0.15) is 22.7 Å². The van der Waals surface area contributed by atoms with Crippen molar-refractivity contribution in [2.24, 2.45) is 0 Å². The number of rotatable bonds is 3. The number of furan rings is 1. The molecule has 238 valence electrons. The first-order valence-electron chi connectivity index (χ1n) is 17.2. The summed E-state index contributed by atoms with van der Waals surface area (Å²) in [6.45, 7) is 0. The van der Waals surface area contributed by atoms with Crippen LogP contribution in [0.1, 0.15) is 0 Å². The van der Waals surface area contributed by atoms with E-state index in [1.54, 1.807) is 11.8 Å². The Labute approximate surface area is 298 Å². The van der Waals surface area contributed by atoms with Gasteiger partial charge in [-0.2, -0.15) is 0 Å².